The van der Waals surface area contributed by atoms with Crippen LogP contribution < -0.4 is 4.72 Å². The van der Waals surface area contributed by atoms with Crippen molar-refractivity contribution in [1.29, 1.82) is 0 Å². The zero-order valence-corrected chi connectivity index (χ0v) is 12.9. The van der Waals surface area contributed by atoms with Gasteiger partial charge in [-0.05, 0) is 24.7 Å². The van der Waals surface area contributed by atoms with Gasteiger partial charge in [-0.3, -0.25) is 0 Å². The van der Waals surface area contributed by atoms with Crippen molar-refractivity contribution in [2.24, 2.45) is 5.41 Å². The van der Waals surface area contributed by atoms with Gasteiger partial charge in [-0.1, -0.05) is 29.8 Å². The van der Waals surface area contributed by atoms with Crippen LogP contribution in [0.5, 0.6) is 0 Å². The molecule has 1 N–H and O–H groups in total. The summed E-state index contributed by atoms with van der Waals surface area (Å²) in [5, 5.41) is 0.606. The second-order valence-corrected chi connectivity index (χ2v) is 8.12. The number of rotatable bonds is 6. The van der Waals surface area contributed by atoms with Crippen LogP contribution in [0.25, 0.3) is 0 Å². The fourth-order valence-electron chi connectivity index (χ4n) is 1.74. The topological polar surface area (TPSA) is 55.4 Å². The van der Waals surface area contributed by atoms with Gasteiger partial charge < -0.3 is 4.74 Å². The second kappa shape index (κ2) is 6.50. The van der Waals surface area contributed by atoms with Gasteiger partial charge in [-0.15, -0.1) is 0 Å². The predicted octanol–water partition coefficient (Wildman–Crippen LogP) is 1.90. The quantitative estimate of drug-likeness (QED) is 0.758. The highest BCUT2D eigenvalue weighted by Gasteiger charge is 2.29. The smallest absolute Gasteiger partial charge is 0.214 e. The van der Waals surface area contributed by atoms with Crippen molar-refractivity contribution in [2.45, 2.75) is 38.4 Å². The average molecular weight is 328 g/mol. The lowest BCUT2D eigenvalue weighted by atomic mass is 9.91. The molecule has 0 radical (unpaired) electrons. The average Bonchev–Trinajstić information content (AvgIpc) is 2.28. The van der Waals surface area contributed by atoms with Crippen molar-refractivity contribution < 1.29 is 13.2 Å². The number of ether oxygens (including phenoxy) is 1. The minimum Gasteiger partial charge on any atom is -0.381 e. The molecular formula is C11H22BrNO3S. The zero-order chi connectivity index (χ0) is 12.9. The van der Waals surface area contributed by atoms with Crippen LogP contribution in [0.15, 0.2) is 0 Å². The maximum Gasteiger partial charge on any atom is 0.214 e. The van der Waals surface area contributed by atoms with Gasteiger partial charge in [0.2, 0.25) is 10.0 Å². The van der Waals surface area contributed by atoms with Crippen molar-refractivity contribution in [2.75, 3.05) is 25.1 Å². The first-order valence-corrected chi connectivity index (χ1v) is 8.66. The molecule has 0 atom stereocenters. The standard InChI is InChI=1S/C11H22BrNO3S/c1-11(2,5-6-12)9-13-17(14,15)10-3-7-16-8-4-10/h10,13H,3-9H2,1-2H3. The SMILES string of the molecule is CC(C)(CCBr)CNS(=O)(=O)C1CCOCC1. The highest BCUT2D eigenvalue weighted by atomic mass is 79.9. The van der Waals surface area contributed by atoms with Crippen molar-refractivity contribution >= 4 is 26.0 Å². The number of sulfonamides is 1. The third kappa shape index (κ3) is 5.24. The molecule has 0 aromatic carbocycles. The summed E-state index contributed by atoms with van der Waals surface area (Å²) < 4.78 is 32.0. The summed E-state index contributed by atoms with van der Waals surface area (Å²) in [5.74, 6) is 0. The Morgan fingerprint density at radius 1 is 1.35 bits per heavy atom. The van der Waals surface area contributed by atoms with E-state index in [2.05, 4.69) is 34.5 Å². The summed E-state index contributed by atoms with van der Waals surface area (Å²) in [5.41, 5.74) is -0.0122. The molecule has 4 nitrogen and oxygen atoms in total. The van der Waals surface area contributed by atoms with Crippen LogP contribution in [0, 0.1) is 5.41 Å². The molecule has 0 bridgehead atoms. The van der Waals surface area contributed by atoms with Crippen molar-refractivity contribution in [3.8, 4) is 0 Å². The fourth-order valence-corrected chi connectivity index (χ4v) is 4.46. The minimum atomic E-state index is -3.18. The van der Waals surface area contributed by atoms with E-state index in [1.165, 1.54) is 0 Å². The normalized spacial score (nSPS) is 19.5. The van der Waals surface area contributed by atoms with Crippen LogP contribution >= 0.6 is 15.9 Å². The molecule has 17 heavy (non-hydrogen) atoms. The van der Waals surface area contributed by atoms with E-state index >= 15 is 0 Å². The molecule has 1 fully saturated rings. The van der Waals surface area contributed by atoms with Crippen LogP contribution in [0.4, 0.5) is 0 Å². The molecule has 0 spiro atoms. The van der Waals surface area contributed by atoms with Gasteiger partial charge in [0.05, 0.1) is 5.25 Å². The van der Waals surface area contributed by atoms with E-state index in [1.54, 1.807) is 0 Å². The second-order valence-electron chi connectivity index (χ2n) is 5.28. The Morgan fingerprint density at radius 3 is 2.47 bits per heavy atom. The van der Waals surface area contributed by atoms with E-state index in [0.29, 0.717) is 32.6 Å². The Labute approximate surface area is 113 Å². The summed E-state index contributed by atoms with van der Waals surface area (Å²) in [6.07, 6.45) is 2.16. The Kier molecular flexibility index (Phi) is 5.89. The Balaban J connectivity index is 2.49. The number of hydrogen-bond donors (Lipinski definition) is 1. The van der Waals surface area contributed by atoms with Crippen LogP contribution in [-0.4, -0.2) is 38.8 Å². The Hall–Kier alpha value is 0.350. The molecule has 0 amide bonds. The first-order valence-electron chi connectivity index (χ1n) is 5.99. The van der Waals surface area contributed by atoms with E-state index in [1.807, 2.05) is 0 Å². The molecule has 0 unspecified atom stereocenters. The van der Waals surface area contributed by atoms with Gasteiger partial charge in [-0.25, -0.2) is 13.1 Å². The lowest BCUT2D eigenvalue weighted by Crippen LogP contribution is -2.42. The van der Waals surface area contributed by atoms with Gasteiger partial charge in [0.1, 0.15) is 0 Å². The minimum absolute atomic E-state index is 0.0122. The molecule has 6 heteroatoms. The van der Waals surface area contributed by atoms with E-state index < -0.39 is 10.0 Å². The Bertz CT molecular complexity index is 324. The summed E-state index contributed by atoms with van der Waals surface area (Å²) in [7, 11) is -3.18. The third-order valence-electron chi connectivity index (χ3n) is 3.13. The fraction of sp³-hybridized carbons (Fsp3) is 1.00. The largest absolute Gasteiger partial charge is 0.381 e. The molecule has 0 aromatic rings. The van der Waals surface area contributed by atoms with Gasteiger partial charge in [0.15, 0.2) is 0 Å². The number of alkyl halides is 1. The van der Waals surface area contributed by atoms with E-state index in [-0.39, 0.29) is 10.7 Å². The third-order valence-corrected chi connectivity index (χ3v) is 5.42. The van der Waals surface area contributed by atoms with Gasteiger partial charge in [0.25, 0.3) is 0 Å². The molecule has 1 rings (SSSR count). The van der Waals surface area contributed by atoms with Crippen molar-refractivity contribution in [3.05, 3.63) is 0 Å². The predicted molar refractivity (Wildman–Crippen MR) is 73.0 cm³/mol. The summed E-state index contributed by atoms with van der Waals surface area (Å²) in [6.45, 7) is 5.74. The van der Waals surface area contributed by atoms with Crippen LogP contribution in [0.1, 0.15) is 33.1 Å². The van der Waals surface area contributed by atoms with Crippen LogP contribution in [0.3, 0.4) is 0 Å². The molecule has 1 aliphatic heterocycles. The summed E-state index contributed by atoms with van der Waals surface area (Å²) in [6, 6.07) is 0. The monoisotopic (exact) mass is 327 g/mol. The molecule has 0 aliphatic carbocycles. The van der Waals surface area contributed by atoms with E-state index in [9.17, 15) is 8.42 Å². The van der Waals surface area contributed by atoms with Gasteiger partial charge in [0, 0.05) is 25.1 Å². The molecule has 1 saturated heterocycles. The van der Waals surface area contributed by atoms with Gasteiger partial charge >= 0.3 is 0 Å². The maximum atomic E-state index is 12.1. The van der Waals surface area contributed by atoms with Crippen LogP contribution in [0.2, 0.25) is 0 Å². The summed E-state index contributed by atoms with van der Waals surface area (Å²) >= 11 is 3.39. The lowest BCUT2D eigenvalue weighted by molar-refractivity contribution is 0.0981. The van der Waals surface area contributed by atoms with Gasteiger partial charge in [-0.2, -0.15) is 0 Å². The summed E-state index contributed by atoms with van der Waals surface area (Å²) in [4.78, 5) is 0. The first-order chi connectivity index (χ1) is 7.87. The highest BCUT2D eigenvalue weighted by Crippen LogP contribution is 2.22. The molecule has 0 saturated carbocycles. The van der Waals surface area contributed by atoms with Crippen LogP contribution in [-0.2, 0) is 14.8 Å². The maximum absolute atomic E-state index is 12.1. The molecule has 0 aromatic heterocycles. The lowest BCUT2D eigenvalue weighted by Gasteiger charge is -2.27. The molecule has 1 aliphatic rings. The van der Waals surface area contributed by atoms with Crippen molar-refractivity contribution in [1.82, 2.24) is 4.72 Å². The van der Waals surface area contributed by atoms with E-state index in [0.717, 1.165) is 11.8 Å². The van der Waals surface area contributed by atoms with E-state index in [4.69, 9.17) is 4.74 Å². The number of nitrogens with one attached hydrogen (secondary N) is 1. The Morgan fingerprint density at radius 2 is 1.94 bits per heavy atom. The van der Waals surface area contributed by atoms with Crippen molar-refractivity contribution in [3.63, 3.8) is 0 Å². The number of hydrogen-bond acceptors (Lipinski definition) is 3. The first kappa shape index (κ1) is 15.4. The molecule has 102 valence electrons. The number of halogens is 1. The zero-order valence-electron chi connectivity index (χ0n) is 10.5. The molecule has 1 heterocycles. The highest BCUT2D eigenvalue weighted by molar-refractivity contribution is 9.09. The molecular weight excluding hydrogens is 306 g/mol.